The maximum absolute atomic E-state index is 12.2. The van der Waals surface area contributed by atoms with Gasteiger partial charge in [0.15, 0.2) is 6.61 Å². The van der Waals surface area contributed by atoms with E-state index in [1.165, 1.54) is 5.56 Å². The lowest BCUT2D eigenvalue weighted by molar-refractivity contribution is -0.153. The van der Waals surface area contributed by atoms with E-state index in [1.807, 2.05) is 45.0 Å². The smallest absolute Gasteiger partial charge is 0.410 e. The Hall–Kier alpha value is -2.57. The van der Waals surface area contributed by atoms with E-state index in [9.17, 15) is 14.4 Å². The standard InChI is InChI=1S/C22H32N2O5/c1-15(2)16-6-8-18(9-7-16)23-19(25)14-28-20(26)17-10-12-24(13-11-17)21(27)29-22(3,4)5/h6-9,15,17H,10-14H2,1-5H3,(H,23,25). The highest BCUT2D eigenvalue weighted by molar-refractivity contribution is 5.92. The molecule has 1 fully saturated rings. The highest BCUT2D eigenvalue weighted by atomic mass is 16.6. The van der Waals surface area contributed by atoms with Gasteiger partial charge >= 0.3 is 12.1 Å². The number of ether oxygens (including phenoxy) is 2. The summed E-state index contributed by atoms with van der Waals surface area (Å²) in [5, 5.41) is 2.72. The number of nitrogens with one attached hydrogen (secondary N) is 1. The fourth-order valence-electron chi connectivity index (χ4n) is 3.03. The summed E-state index contributed by atoms with van der Waals surface area (Å²) in [6, 6.07) is 7.60. The topological polar surface area (TPSA) is 84.9 Å². The zero-order valence-electron chi connectivity index (χ0n) is 18.0. The lowest BCUT2D eigenvalue weighted by Crippen LogP contribution is -2.43. The molecule has 1 aromatic rings. The number of esters is 1. The molecule has 2 amide bonds. The van der Waals surface area contributed by atoms with Crippen molar-refractivity contribution < 1.29 is 23.9 Å². The van der Waals surface area contributed by atoms with Crippen LogP contribution in [-0.2, 0) is 19.1 Å². The molecule has 1 aromatic carbocycles. The summed E-state index contributed by atoms with van der Waals surface area (Å²) in [5.74, 6) is -0.671. The van der Waals surface area contributed by atoms with E-state index >= 15 is 0 Å². The number of hydrogen-bond donors (Lipinski definition) is 1. The third kappa shape index (κ3) is 7.40. The average molecular weight is 405 g/mol. The van der Waals surface area contributed by atoms with E-state index in [2.05, 4.69) is 19.2 Å². The molecule has 0 unspecified atom stereocenters. The summed E-state index contributed by atoms with van der Waals surface area (Å²) in [6.07, 6.45) is 0.624. The van der Waals surface area contributed by atoms with E-state index in [4.69, 9.17) is 9.47 Å². The van der Waals surface area contributed by atoms with Gasteiger partial charge in [-0.15, -0.1) is 0 Å². The number of benzene rings is 1. The van der Waals surface area contributed by atoms with Crippen LogP contribution in [0.4, 0.5) is 10.5 Å². The monoisotopic (exact) mass is 404 g/mol. The van der Waals surface area contributed by atoms with Crippen LogP contribution < -0.4 is 5.32 Å². The molecular weight excluding hydrogens is 372 g/mol. The van der Waals surface area contributed by atoms with Gasteiger partial charge in [0.1, 0.15) is 5.60 Å². The van der Waals surface area contributed by atoms with Crippen molar-refractivity contribution in [1.29, 1.82) is 0 Å². The molecule has 160 valence electrons. The molecule has 0 spiro atoms. The Morgan fingerprint density at radius 1 is 1.10 bits per heavy atom. The van der Waals surface area contributed by atoms with Crippen LogP contribution in [0.3, 0.4) is 0 Å². The van der Waals surface area contributed by atoms with Crippen molar-refractivity contribution in [2.45, 2.75) is 59.0 Å². The lowest BCUT2D eigenvalue weighted by Gasteiger charge is -2.32. The molecule has 0 saturated carbocycles. The minimum absolute atomic E-state index is 0.313. The first-order chi connectivity index (χ1) is 13.5. The lowest BCUT2D eigenvalue weighted by atomic mass is 9.97. The number of piperidine rings is 1. The van der Waals surface area contributed by atoms with Crippen LogP contribution >= 0.6 is 0 Å². The Labute approximate surface area is 172 Å². The van der Waals surface area contributed by atoms with Gasteiger partial charge in [-0.2, -0.15) is 0 Å². The predicted octanol–water partition coefficient (Wildman–Crippen LogP) is 3.94. The van der Waals surface area contributed by atoms with Crippen molar-refractivity contribution in [3.63, 3.8) is 0 Å². The second-order valence-electron chi connectivity index (χ2n) is 8.67. The van der Waals surface area contributed by atoms with E-state index in [-0.39, 0.29) is 24.5 Å². The second-order valence-corrected chi connectivity index (χ2v) is 8.67. The molecule has 1 aliphatic heterocycles. The van der Waals surface area contributed by atoms with Crippen LogP contribution in [0.1, 0.15) is 58.9 Å². The van der Waals surface area contributed by atoms with Crippen LogP contribution in [-0.4, -0.2) is 48.2 Å². The van der Waals surface area contributed by atoms with Crippen LogP contribution in [0.2, 0.25) is 0 Å². The molecule has 1 heterocycles. The van der Waals surface area contributed by atoms with Crippen LogP contribution in [0.5, 0.6) is 0 Å². The number of carbonyl (C=O) groups excluding carboxylic acids is 3. The minimum Gasteiger partial charge on any atom is -0.455 e. The summed E-state index contributed by atoms with van der Waals surface area (Å²) in [4.78, 5) is 37.9. The molecule has 1 saturated heterocycles. The molecule has 0 aromatic heterocycles. The first-order valence-corrected chi connectivity index (χ1v) is 10.1. The Morgan fingerprint density at radius 2 is 1.69 bits per heavy atom. The average Bonchev–Trinajstić information content (AvgIpc) is 2.65. The molecule has 7 nitrogen and oxygen atoms in total. The maximum atomic E-state index is 12.2. The van der Waals surface area contributed by atoms with Gasteiger partial charge < -0.3 is 19.7 Å². The van der Waals surface area contributed by atoms with E-state index in [0.29, 0.717) is 37.5 Å². The normalized spacial score (nSPS) is 15.2. The molecule has 2 rings (SSSR count). The van der Waals surface area contributed by atoms with E-state index < -0.39 is 11.6 Å². The van der Waals surface area contributed by atoms with Gasteiger partial charge in [-0.25, -0.2) is 4.79 Å². The number of nitrogens with zero attached hydrogens (tertiary/aromatic N) is 1. The van der Waals surface area contributed by atoms with E-state index in [0.717, 1.165) is 0 Å². The van der Waals surface area contributed by atoms with Gasteiger partial charge in [0.05, 0.1) is 5.92 Å². The first kappa shape index (κ1) is 22.7. The van der Waals surface area contributed by atoms with Gasteiger partial charge in [-0.1, -0.05) is 26.0 Å². The Kier molecular flexibility index (Phi) is 7.65. The molecule has 1 aliphatic rings. The van der Waals surface area contributed by atoms with Gasteiger partial charge in [0, 0.05) is 18.8 Å². The molecule has 1 N–H and O–H groups in total. The molecular formula is C22H32N2O5. The van der Waals surface area contributed by atoms with E-state index in [1.54, 1.807) is 4.90 Å². The zero-order chi connectivity index (χ0) is 21.6. The van der Waals surface area contributed by atoms with Crippen molar-refractivity contribution in [1.82, 2.24) is 4.90 Å². The highest BCUT2D eigenvalue weighted by Crippen LogP contribution is 2.21. The van der Waals surface area contributed by atoms with Crippen molar-refractivity contribution in [2.24, 2.45) is 5.92 Å². The molecule has 7 heteroatoms. The van der Waals surface area contributed by atoms with Crippen LogP contribution in [0.25, 0.3) is 0 Å². The summed E-state index contributed by atoms with van der Waals surface area (Å²) >= 11 is 0. The third-order valence-corrected chi connectivity index (χ3v) is 4.69. The first-order valence-electron chi connectivity index (χ1n) is 10.1. The van der Waals surface area contributed by atoms with Gasteiger partial charge in [-0.05, 0) is 57.2 Å². The summed E-state index contributed by atoms with van der Waals surface area (Å²) < 4.78 is 10.5. The van der Waals surface area contributed by atoms with Crippen molar-refractivity contribution in [3.8, 4) is 0 Å². The van der Waals surface area contributed by atoms with Crippen molar-refractivity contribution >= 4 is 23.7 Å². The molecule has 0 atom stereocenters. The van der Waals surface area contributed by atoms with Crippen LogP contribution in [0, 0.1) is 5.92 Å². The van der Waals surface area contributed by atoms with Gasteiger partial charge in [0.25, 0.3) is 5.91 Å². The third-order valence-electron chi connectivity index (χ3n) is 4.69. The molecule has 29 heavy (non-hydrogen) atoms. The largest absolute Gasteiger partial charge is 0.455 e. The van der Waals surface area contributed by atoms with Gasteiger partial charge in [-0.3, -0.25) is 9.59 Å². The van der Waals surface area contributed by atoms with Crippen molar-refractivity contribution in [2.75, 3.05) is 25.0 Å². The predicted molar refractivity (Wildman–Crippen MR) is 111 cm³/mol. The number of rotatable bonds is 5. The summed E-state index contributed by atoms with van der Waals surface area (Å²) in [7, 11) is 0. The summed E-state index contributed by atoms with van der Waals surface area (Å²) in [5.41, 5.74) is 1.31. The molecule has 0 aliphatic carbocycles. The quantitative estimate of drug-likeness (QED) is 0.752. The Balaban J connectivity index is 1.73. The van der Waals surface area contributed by atoms with Crippen molar-refractivity contribution in [3.05, 3.63) is 29.8 Å². The van der Waals surface area contributed by atoms with Gasteiger partial charge in [0.2, 0.25) is 0 Å². The highest BCUT2D eigenvalue weighted by Gasteiger charge is 2.30. The fraction of sp³-hybridized carbons (Fsp3) is 0.591. The second kappa shape index (κ2) is 9.76. The number of carbonyl (C=O) groups is 3. The molecule has 0 radical (unpaired) electrons. The summed E-state index contributed by atoms with van der Waals surface area (Å²) in [6.45, 7) is 10.2. The molecule has 0 bridgehead atoms. The Morgan fingerprint density at radius 3 is 2.21 bits per heavy atom. The van der Waals surface area contributed by atoms with Crippen LogP contribution in [0.15, 0.2) is 24.3 Å². The Bertz CT molecular complexity index is 714. The number of anilines is 1. The maximum Gasteiger partial charge on any atom is 0.410 e. The zero-order valence-corrected chi connectivity index (χ0v) is 18.0. The SMILES string of the molecule is CC(C)c1ccc(NC(=O)COC(=O)C2CCN(C(=O)OC(C)(C)C)CC2)cc1. The minimum atomic E-state index is -0.546. The number of amides is 2. The fourth-order valence-corrected chi connectivity index (χ4v) is 3.03. The number of hydrogen-bond acceptors (Lipinski definition) is 5. The number of likely N-dealkylation sites (tertiary alicyclic amines) is 1.